The van der Waals surface area contributed by atoms with Gasteiger partial charge in [-0.1, -0.05) is 13.3 Å². The molecule has 1 unspecified atom stereocenters. The van der Waals surface area contributed by atoms with E-state index in [0.29, 0.717) is 12.8 Å². The molecular formula is C7H12FNO. The van der Waals surface area contributed by atoms with E-state index in [-0.39, 0.29) is 6.54 Å². The van der Waals surface area contributed by atoms with Gasteiger partial charge in [0.15, 0.2) is 0 Å². The standard InChI is InChI=1S/C7H12FNO/c1-2-3-7(8)4-5-9-6-10/h7H,2-5H2,1H3. The smallest absolute Gasteiger partial charge is 0.234 e. The molecule has 0 heterocycles. The number of halogens is 1. The van der Waals surface area contributed by atoms with Crippen molar-refractivity contribution in [1.82, 2.24) is 0 Å². The predicted octanol–water partition coefficient (Wildman–Crippen LogP) is 1.85. The highest BCUT2D eigenvalue weighted by Gasteiger charge is 2.02. The molecule has 0 aromatic rings. The molecule has 0 amide bonds. The maximum absolute atomic E-state index is 12.5. The number of alkyl halides is 1. The maximum Gasteiger partial charge on any atom is 0.234 e. The second-order valence-corrected chi connectivity index (χ2v) is 2.15. The van der Waals surface area contributed by atoms with Gasteiger partial charge in [0.1, 0.15) is 6.17 Å². The van der Waals surface area contributed by atoms with Crippen molar-refractivity contribution in [2.75, 3.05) is 6.54 Å². The number of aliphatic imine (C=N–C) groups is 1. The Morgan fingerprint density at radius 3 is 2.80 bits per heavy atom. The number of hydrogen-bond donors (Lipinski definition) is 0. The van der Waals surface area contributed by atoms with Gasteiger partial charge in [0.25, 0.3) is 0 Å². The quantitative estimate of drug-likeness (QED) is 0.429. The summed E-state index contributed by atoms with van der Waals surface area (Å²) in [6, 6.07) is 0. The van der Waals surface area contributed by atoms with Gasteiger partial charge >= 0.3 is 0 Å². The number of hydrogen-bond acceptors (Lipinski definition) is 2. The van der Waals surface area contributed by atoms with Crippen LogP contribution in [0.15, 0.2) is 4.99 Å². The van der Waals surface area contributed by atoms with E-state index in [9.17, 15) is 9.18 Å². The third kappa shape index (κ3) is 5.45. The largest absolute Gasteiger partial charge is 0.247 e. The van der Waals surface area contributed by atoms with Crippen LogP contribution in [0.5, 0.6) is 0 Å². The Labute approximate surface area is 60.2 Å². The van der Waals surface area contributed by atoms with Gasteiger partial charge in [-0.2, -0.15) is 0 Å². The summed E-state index contributed by atoms with van der Waals surface area (Å²) >= 11 is 0. The molecule has 0 saturated carbocycles. The molecule has 0 fully saturated rings. The van der Waals surface area contributed by atoms with Gasteiger partial charge in [0, 0.05) is 0 Å². The molecule has 0 aromatic heterocycles. The number of rotatable bonds is 5. The van der Waals surface area contributed by atoms with E-state index < -0.39 is 6.17 Å². The highest BCUT2D eigenvalue weighted by atomic mass is 19.1. The van der Waals surface area contributed by atoms with Crippen LogP contribution in [0.3, 0.4) is 0 Å². The van der Waals surface area contributed by atoms with Gasteiger partial charge in [-0.25, -0.2) is 14.2 Å². The van der Waals surface area contributed by atoms with Crippen molar-refractivity contribution in [1.29, 1.82) is 0 Å². The first-order valence-electron chi connectivity index (χ1n) is 3.49. The minimum Gasteiger partial charge on any atom is -0.247 e. The van der Waals surface area contributed by atoms with Crippen LogP contribution in [-0.4, -0.2) is 18.8 Å². The van der Waals surface area contributed by atoms with E-state index in [0.717, 1.165) is 6.42 Å². The lowest BCUT2D eigenvalue weighted by molar-refractivity contribution is 0.298. The first kappa shape index (κ1) is 9.31. The van der Waals surface area contributed by atoms with Gasteiger partial charge in [0.05, 0.1) is 6.54 Å². The summed E-state index contributed by atoms with van der Waals surface area (Å²) in [5, 5.41) is 0. The molecule has 3 heteroatoms. The predicted molar refractivity (Wildman–Crippen MR) is 37.4 cm³/mol. The van der Waals surface area contributed by atoms with Crippen LogP contribution in [0.1, 0.15) is 26.2 Å². The Balaban J connectivity index is 3.20. The number of nitrogens with zero attached hydrogens (tertiary/aromatic N) is 1. The Bertz CT molecular complexity index is 121. The fourth-order valence-corrected chi connectivity index (χ4v) is 0.708. The molecule has 0 saturated heterocycles. The lowest BCUT2D eigenvalue weighted by Crippen LogP contribution is -2.00. The highest BCUT2D eigenvalue weighted by Crippen LogP contribution is 2.05. The zero-order chi connectivity index (χ0) is 7.82. The number of isocyanates is 1. The molecule has 0 spiro atoms. The molecule has 0 radical (unpaired) electrons. The van der Waals surface area contributed by atoms with Crippen LogP contribution in [0.25, 0.3) is 0 Å². The van der Waals surface area contributed by atoms with Crippen LogP contribution >= 0.6 is 0 Å². The van der Waals surface area contributed by atoms with Gasteiger partial charge in [-0.3, -0.25) is 0 Å². The van der Waals surface area contributed by atoms with E-state index in [1.807, 2.05) is 6.92 Å². The monoisotopic (exact) mass is 145 g/mol. The average Bonchev–Trinajstić information content (AvgIpc) is 1.89. The number of carbonyl (C=O) groups excluding carboxylic acids is 1. The van der Waals surface area contributed by atoms with Crippen LogP contribution in [0.2, 0.25) is 0 Å². The lowest BCUT2D eigenvalue weighted by Gasteiger charge is -2.01. The van der Waals surface area contributed by atoms with E-state index in [1.54, 1.807) is 0 Å². The third-order valence-corrected chi connectivity index (χ3v) is 1.22. The molecule has 58 valence electrons. The Hall–Kier alpha value is -0.690. The first-order valence-corrected chi connectivity index (χ1v) is 3.49. The van der Waals surface area contributed by atoms with Crippen LogP contribution in [0, 0.1) is 0 Å². The normalized spacial score (nSPS) is 12.2. The molecule has 1 atom stereocenters. The highest BCUT2D eigenvalue weighted by molar-refractivity contribution is 5.32. The average molecular weight is 145 g/mol. The van der Waals surface area contributed by atoms with E-state index in [1.165, 1.54) is 6.08 Å². The zero-order valence-electron chi connectivity index (χ0n) is 6.14. The maximum atomic E-state index is 12.5. The van der Waals surface area contributed by atoms with Crippen LogP contribution in [0.4, 0.5) is 4.39 Å². The van der Waals surface area contributed by atoms with Crippen molar-refractivity contribution in [3.8, 4) is 0 Å². The van der Waals surface area contributed by atoms with Crippen LogP contribution in [-0.2, 0) is 4.79 Å². The second-order valence-electron chi connectivity index (χ2n) is 2.15. The molecule has 0 aliphatic heterocycles. The van der Waals surface area contributed by atoms with Crippen molar-refractivity contribution in [3.05, 3.63) is 0 Å². The topological polar surface area (TPSA) is 29.4 Å². The summed E-state index contributed by atoms with van der Waals surface area (Å²) in [4.78, 5) is 12.8. The molecule has 10 heavy (non-hydrogen) atoms. The summed E-state index contributed by atoms with van der Waals surface area (Å²) in [5.41, 5.74) is 0. The first-order chi connectivity index (χ1) is 4.81. The molecule has 2 nitrogen and oxygen atoms in total. The van der Waals surface area contributed by atoms with E-state index in [2.05, 4.69) is 4.99 Å². The summed E-state index contributed by atoms with van der Waals surface area (Å²) in [5.74, 6) is 0. The van der Waals surface area contributed by atoms with Crippen molar-refractivity contribution >= 4 is 6.08 Å². The second kappa shape index (κ2) is 6.43. The van der Waals surface area contributed by atoms with E-state index in [4.69, 9.17) is 0 Å². The fourth-order valence-electron chi connectivity index (χ4n) is 0.708. The van der Waals surface area contributed by atoms with Gasteiger partial charge in [0.2, 0.25) is 6.08 Å². The summed E-state index contributed by atoms with van der Waals surface area (Å²) in [7, 11) is 0. The lowest BCUT2D eigenvalue weighted by atomic mass is 10.2. The molecule has 0 aliphatic carbocycles. The Morgan fingerprint density at radius 1 is 1.60 bits per heavy atom. The van der Waals surface area contributed by atoms with Crippen molar-refractivity contribution in [2.45, 2.75) is 32.4 Å². The summed E-state index contributed by atoms with van der Waals surface area (Å²) in [6.07, 6.45) is 2.32. The Morgan fingerprint density at radius 2 is 2.30 bits per heavy atom. The van der Waals surface area contributed by atoms with Gasteiger partial charge < -0.3 is 0 Å². The molecule has 0 aliphatic rings. The zero-order valence-corrected chi connectivity index (χ0v) is 6.14. The van der Waals surface area contributed by atoms with Gasteiger partial charge in [-0.15, -0.1) is 0 Å². The SMILES string of the molecule is CCCC(F)CCN=C=O. The minimum absolute atomic E-state index is 0.269. The summed E-state index contributed by atoms with van der Waals surface area (Å²) < 4.78 is 12.5. The van der Waals surface area contributed by atoms with Crippen LogP contribution < -0.4 is 0 Å². The van der Waals surface area contributed by atoms with Crippen molar-refractivity contribution in [3.63, 3.8) is 0 Å². The minimum atomic E-state index is -0.804. The van der Waals surface area contributed by atoms with Gasteiger partial charge in [-0.05, 0) is 12.8 Å². The Kier molecular flexibility index (Phi) is 5.99. The van der Waals surface area contributed by atoms with Crippen molar-refractivity contribution in [2.24, 2.45) is 4.99 Å². The fraction of sp³-hybridized carbons (Fsp3) is 0.857. The van der Waals surface area contributed by atoms with Crippen molar-refractivity contribution < 1.29 is 9.18 Å². The molecular weight excluding hydrogens is 133 g/mol. The molecule has 0 rings (SSSR count). The molecule has 0 aromatic carbocycles. The summed E-state index contributed by atoms with van der Waals surface area (Å²) in [6.45, 7) is 2.19. The third-order valence-electron chi connectivity index (χ3n) is 1.22. The molecule has 0 bridgehead atoms. The molecule has 0 N–H and O–H groups in total. The van der Waals surface area contributed by atoms with E-state index >= 15 is 0 Å².